The summed E-state index contributed by atoms with van der Waals surface area (Å²) in [5.41, 5.74) is 12.0. The fraction of sp³-hybridized carbons (Fsp3) is 0. The first-order valence-corrected chi connectivity index (χ1v) is 14.7. The number of aromatic nitrogens is 2. The molecule has 0 spiro atoms. The van der Waals surface area contributed by atoms with E-state index in [4.69, 9.17) is 8.75 Å². The molecule has 0 aliphatic rings. The Bertz CT molecular complexity index is 1910. The van der Waals surface area contributed by atoms with E-state index in [1.54, 1.807) is 0 Å². The Morgan fingerprint density at radius 3 is 1.31 bits per heavy atom. The van der Waals surface area contributed by atoms with Gasteiger partial charge in [0.25, 0.3) is 0 Å². The monoisotopic (exact) mass is 557 g/mol. The second kappa shape index (κ2) is 11.7. The van der Waals surface area contributed by atoms with E-state index in [1.165, 1.54) is 17.3 Å². The molecule has 6 aromatic carbocycles. The van der Waals surface area contributed by atoms with Crippen molar-refractivity contribution in [3.05, 3.63) is 163 Å². The summed E-state index contributed by atoms with van der Waals surface area (Å²) in [6.45, 7) is 0. The molecule has 0 saturated carbocycles. The van der Waals surface area contributed by atoms with Crippen LogP contribution in [0.1, 0.15) is 11.1 Å². The average Bonchev–Trinajstić information content (AvgIpc) is 3.56. The molecular formula is C38H27N3S. The zero-order valence-electron chi connectivity index (χ0n) is 22.8. The summed E-state index contributed by atoms with van der Waals surface area (Å²) in [6.07, 6.45) is 4.28. The third-order valence-electron chi connectivity index (χ3n) is 7.37. The van der Waals surface area contributed by atoms with E-state index in [9.17, 15) is 0 Å². The van der Waals surface area contributed by atoms with Gasteiger partial charge < -0.3 is 4.90 Å². The molecule has 1 heterocycles. The van der Waals surface area contributed by atoms with Crippen molar-refractivity contribution in [2.45, 2.75) is 0 Å². The number of nitrogens with zero attached hydrogens (tertiary/aromatic N) is 3. The Morgan fingerprint density at radius 2 is 0.810 bits per heavy atom. The van der Waals surface area contributed by atoms with Gasteiger partial charge in [-0.3, -0.25) is 0 Å². The van der Waals surface area contributed by atoms with E-state index in [-0.39, 0.29) is 0 Å². The Hall–Kier alpha value is -5.32. The maximum absolute atomic E-state index is 4.72. The predicted molar refractivity (Wildman–Crippen MR) is 178 cm³/mol. The van der Waals surface area contributed by atoms with Crippen LogP contribution >= 0.6 is 11.7 Å². The van der Waals surface area contributed by atoms with Gasteiger partial charge in [-0.05, 0) is 58.7 Å². The second-order valence-corrected chi connectivity index (χ2v) is 10.6. The molecule has 0 fully saturated rings. The van der Waals surface area contributed by atoms with E-state index >= 15 is 0 Å². The molecular weight excluding hydrogens is 531 g/mol. The number of fused-ring (bicyclic) bond motifs is 1. The molecule has 0 radical (unpaired) electrons. The van der Waals surface area contributed by atoms with Crippen molar-refractivity contribution in [2.75, 3.05) is 4.90 Å². The van der Waals surface area contributed by atoms with E-state index < -0.39 is 0 Å². The van der Waals surface area contributed by atoms with Crippen molar-refractivity contribution in [1.82, 2.24) is 8.75 Å². The summed E-state index contributed by atoms with van der Waals surface area (Å²) in [7, 11) is 0. The van der Waals surface area contributed by atoms with E-state index in [1.807, 2.05) is 18.2 Å². The Balaban J connectivity index is 1.19. The minimum atomic E-state index is 0.932. The summed E-state index contributed by atoms with van der Waals surface area (Å²) in [5, 5.41) is 0. The molecule has 0 amide bonds. The minimum Gasteiger partial charge on any atom is -0.311 e. The van der Waals surface area contributed by atoms with Crippen LogP contribution in [-0.4, -0.2) is 8.75 Å². The molecule has 3 nitrogen and oxygen atoms in total. The molecule has 0 aliphatic carbocycles. The number of rotatable bonds is 7. The van der Waals surface area contributed by atoms with Gasteiger partial charge in [-0.2, -0.15) is 8.75 Å². The van der Waals surface area contributed by atoms with Crippen molar-refractivity contribution in [3.63, 3.8) is 0 Å². The minimum absolute atomic E-state index is 0.932. The maximum atomic E-state index is 4.72. The van der Waals surface area contributed by atoms with Crippen LogP contribution in [0.5, 0.6) is 0 Å². The van der Waals surface area contributed by atoms with Crippen LogP contribution in [0.3, 0.4) is 0 Å². The molecule has 200 valence electrons. The van der Waals surface area contributed by atoms with Gasteiger partial charge >= 0.3 is 0 Å². The van der Waals surface area contributed by atoms with Crippen molar-refractivity contribution in [3.8, 4) is 22.3 Å². The normalized spacial score (nSPS) is 11.2. The molecule has 7 rings (SSSR count). The highest BCUT2D eigenvalue weighted by Gasteiger charge is 2.15. The first kappa shape index (κ1) is 25.6. The van der Waals surface area contributed by atoms with Gasteiger partial charge in [0, 0.05) is 28.2 Å². The van der Waals surface area contributed by atoms with Crippen LogP contribution in [0.4, 0.5) is 17.1 Å². The second-order valence-electron chi connectivity index (χ2n) is 10.0. The van der Waals surface area contributed by atoms with Crippen LogP contribution in [0.2, 0.25) is 0 Å². The summed E-state index contributed by atoms with van der Waals surface area (Å²) in [6, 6.07) is 52.9. The van der Waals surface area contributed by atoms with Crippen LogP contribution < -0.4 is 4.90 Å². The molecule has 42 heavy (non-hydrogen) atoms. The Labute approximate surface area is 250 Å². The van der Waals surface area contributed by atoms with E-state index in [0.717, 1.165) is 55.9 Å². The lowest BCUT2D eigenvalue weighted by Crippen LogP contribution is -2.09. The van der Waals surface area contributed by atoms with Crippen LogP contribution in [0.15, 0.2) is 152 Å². The lowest BCUT2D eigenvalue weighted by atomic mass is 9.97. The predicted octanol–water partition coefficient (Wildman–Crippen LogP) is 10.7. The third kappa shape index (κ3) is 5.24. The number of hydrogen-bond acceptors (Lipinski definition) is 4. The smallest absolute Gasteiger partial charge is 0.113 e. The fourth-order valence-corrected chi connectivity index (χ4v) is 5.83. The van der Waals surface area contributed by atoms with Gasteiger partial charge in [0.15, 0.2) is 0 Å². The Kier molecular flexibility index (Phi) is 7.11. The number of hydrogen-bond donors (Lipinski definition) is 0. The number of anilines is 3. The molecule has 0 aliphatic heterocycles. The van der Waals surface area contributed by atoms with Crippen molar-refractivity contribution < 1.29 is 0 Å². The van der Waals surface area contributed by atoms with Crippen LogP contribution in [0.25, 0.3) is 45.4 Å². The zero-order valence-corrected chi connectivity index (χ0v) is 23.7. The molecule has 0 saturated heterocycles. The molecule has 0 N–H and O–H groups in total. The maximum Gasteiger partial charge on any atom is 0.113 e. The van der Waals surface area contributed by atoms with Gasteiger partial charge in [-0.25, -0.2) is 0 Å². The highest BCUT2D eigenvalue weighted by molar-refractivity contribution is 7.00. The van der Waals surface area contributed by atoms with Gasteiger partial charge in [-0.1, -0.05) is 127 Å². The summed E-state index contributed by atoms with van der Waals surface area (Å²) in [4.78, 5) is 2.27. The van der Waals surface area contributed by atoms with E-state index in [2.05, 4.69) is 151 Å². The Morgan fingerprint density at radius 1 is 0.405 bits per heavy atom. The summed E-state index contributed by atoms with van der Waals surface area (Å²) in [5.74, 6) is 0. The lowest BCUT2D eigenvalue weighted by Gasteiger charge is -2.25. The SMILES string of the molecule is C(=C\c1ccc(-c2ccc(-c3ccc(N(c4ccccc4)c4ccccc4)cc3)c3nsnc23)cc1)/c1ccccc1. The van der Waals surface area contributed by atoms with Gasteiger partial charge in [0.1, 0.15) is 11.0 Å². The molecule has 0 unspecified atom stereocenters. The van der Waals surface area contributed by atoms with Gasteiger partial charge in [0.05, 0.1) is 11.7 Å². The van der Waals surface area contributed by atoms with Crippen LogP contribution in [0, 0.1) is 0 Å². The van der Waals surface area contributed by atoms with Crippen molar-refractivity contribution in [1.29, 1.82) is 0 Å². The lowest BCUT2D eigenvalue weighted by molar-refractivity contribution is 1.28. The number of benzene rings is 6. The first-order valence-electron chi connectivity index (χ1n) is 13.9. The van der Waals surface area contributed by atoms with E-state index in [0.29, 0.717) is 0 Å². The van der Waals surface area contributed by atoms with Crippen molar-refractivity contribution in [2.24, 2.45) is 0 Å². The average molecular weight is 558 g/mol. The molecule has 1 aromatic heterocycles. The molecule has 7 aromatic rings. The molecule has 4 heteroatoms. The summed E-state index contributed by atoms with van der Waals surface area (Å²) < 4.78 is 9.44. The molecule has 0 bridgehead atoms. The van der Waals surface area contributed by atoms with Crippen molar-refractivity contribution >= 4 is 52.0 Å². The standard InChI is InChI=1S/C38H27N3S/c1-4-10-28(11-5-1)16-17-29-18-20-30(21-19-29)35-26-27-36(38-37(35)39-42-40-38)31-22-24-34(25-23-31)41(32-12-6-2-7-13-32)33-14-8-3-9-15-33/h1-27H/b17-16+. The quantitative estimate of drug-likeness (QED) is 0.183. The highest BCUT2D eigenvalue weighted by atomic mass is 32.1. The highest BCUT2D eigenvalue weighted by Crippen LogP contribution is 2.38. The topological polar surface area (TPSA) is 29.0 Å². The fourth-order valence-electron chi connectivity index (χ4n) is 5.25. The summed E-state index contributed by atoms with van der Waals surface area (Å²) >= 11 is 1.26. The van der Waals surface area contributed by atoms with Crippen LogP contribution in [-0.2, 0) is 0 Å². The largest absolute Gasteiger partial charge is 0.311 e. The van der Waals surface area contributed by atoms with Gasteiger partial charge in [0.2, 0.25) is 0 Å². The molecule has 0 atom stereocenters. The zero-order chi connectivity index (χ0) is 28.1. The van der Waals surface area contributed by atoms with Gasteiger partial charge in [-0.15, -0.1) is 0 Å². The third-order valence-corrected chi connectivity index (χ3v) is 7.90. The first-order chi connectivity index (χ1) is 20.8. The number of para-hydroxylation sites is 2.